The van der Waals surface area contributed by atoms with E-state index in [1.807, 2.05) is 36.4 Å². The van der Waals surface area contributed by atoms with E-state index in [-0.39, 0.29) is 11.6 Å². The molecule has 8 nitrogen and oxygen atoms in total. The minimum atomic E-state index is -0.467. The normalized spacial score (nSPS) is 13.8. The zero-order valence-electron chi connectivity index (χ0n) is 17.2. The fourth-order valence-electron chi connectivity index (χ4n) is 3.62. The average molecular weight is 421 g/mol. The molecule has 0 radical (unpaired) electrons. The van der Waals surface area contributed by atoms with Crippen LogP contribution in [0.5, 0.6) is 5.75 Å². The number of methoxy groups -OCH3 is 1. The Morgan fingerprint density at radius 2 is 1.84 bits per heavy atom. The highest BCUT2D eigenvalue weighted by atomic mass is 16.6. The summed E-state index contributed by atoms with van der Waals surface area (Å²) in [7, 11) is 1.63. The predicted molar refractivity (Wildman–Crippen MR) is 118 cm³/mol. The third kappa shape index (κ3) is 4.59. The molecule has 8 heteroatoms. The maximum atomic E-state index is 12.7. The summed E-state index contributed by atoms with van der Waals surface area (Å²) >= 11 is 0. The van der Waals surface area contributed by atoms with Gasteiger partial charge in [0, 0.05) is 31.3 Å². The van der Waals surface area contributed by atoms with Crippen molar-refractivity contribution in [1.82, 2.24) is 4.90 Å². The summed E-state index contributed by atoms with van der Waals surface area (Å²) < 4.78 is 10.5. The molecular formula is C23H23N3O5. The second-order valence-corrected chi connectivity index (χ2v) is 7.29. The standard InChI is InChI=1S/C23H23N3O5/c1-30-20-6-4-17-12-16(2-3-18(17)13-20)15-24-21-7-5-19(14-22(21)26(28)29)23(27)25-8-10-31-11-9-25/h2-7,12-14,24H,8-11,15H2,1H3. The number of anilines is 1. The number of morpholine rings is 1. The molecule has 1 saturated heterocycles. The number of ether oxygens (including phenoxy) is 2. The first-order chi connectivity index (χ1) is 15.0. The quantitative estimate of drug-likeness (QED) is 0.480. The van der Waals surface area contributed by atoms with Gasteiger partial charge < -0.3 is 19.7 Å². The highest BCUT2D eigenvalue weighted by molar-refractivity contribution is 5.95. The summed E-state index contributed by atoms with van der Waals surface area (Å²) in [6.45, 7) is 2.35. The molecule has 3 aromatic rings. The lowest BCUT2D eigenvalue weighted by Gasteiger charge is -2.26. The molecule has 0 aromatic heterocycles. The molecule has 3 aromatic carbocycles. The number of nitro benzene ring substituents is 1. The number of nitrogens with one attached hydrogen (secondary N) is 1. The lowest BCUT2D eigenvalue weighted by molar-refractivity contribution is -0.384. The van der Waals surface area contributed by atoms with Crippen molar-refractivity contribution in [2.24, 2.45) is 0 Å². The largest absolute Gasteiger partial charge is 0.497 e. The number of fused-ring (bicyclic) bond motifs is 1. The maximum Gasteiger partial charge on any atom is 0.293 e. The molecule has 0 aliphatic carbocycles. The highest BCUT2D eigenvalue weighted by Gasteiger charge is 2.22. The van der Waals surface area contributed by atoms with Crippen LogP contribution in [0.1, 0.15) is 15.9 Å². The molecule has 160 valence electrons. The highest BCUT2D eigenvalue weighted by Crippen LogP contribution is 2.28. The summed E-state index contributed by atoms with van der Waals surface area (Å²) in [5.41, 5.74) is 1.54. The van der Waals surface area contributed by atoms with Crippen LogP contribution in [-0.4, -0.2) is 49.1 Å². The monoisotopic (exact) mass is 421 g/mol. The first-order valence-electron chi connectivity index (χ1n) is 10.0. The molecule has 1 amide bonds. The molecule has 1 heterocycles. The number of hydrogen-bond acceptors (Lipinski definition) is 6. The van der Waals surface area contributed by atoms with Gasteiger partial charge in [-0.05, 0) is 46.7 Å². The van der Waals surface area contributed by atoms with Crippen molar-refractivity contribution in [3.63, 3.8) is 0 Å². The van der Waals surface area contributed by atoms with Crippen LogP contribution in [0.4, 0.5) is 11.4 Å². The molecule has 4 rings (SSSR count). The van der Waals surface area contributed by atoms with Crippen LogP contribution in [0.3, 0.4) is 0 Å². The van der Waals surface area contributed by atoms with E-state index in [4.69, 9.17) is 9.47 Å². The lowest BCUT2D eigenvalue weighted by Crippen LogP contribution is -2.40. The van der Waals surface area contributed by atoms with Gasteiger partial charge in [-0.1, -0.05) is 18.2 Å². The van der Waals surface area contributed by atoms with Gasteiger partial charge in [-0.3, -0.25) is 14.9 Å². The van der Waals surface area contributed by atoms with Gasteiger partial charge in [0.15, 0.2) is 0 Å². The lowest BCUT2D eigenvalue weighted by atomic mass is 10.1. The van der Waals surface area contributed by atoms with Crippen LogP contribution in [0.2, 0.25) is 0 Å². The molecular weight excluding hydrogens is 398 g/mol. The zero-order valence-corrected chi connectivity index (χ0v) is 17.2. The number of hydrogen-bond donors (Lipinski definition) is 1. The van der Waals surface area contributed by atoms with Gasteiger partial charge in [0.1, 0.15) is 11.4 Å². The third-order valence-corrected chi connectivity index (χ3v) is 5.33. The van der Waals surface area contributed by atoms with E-state index in [1.165, 1.54) is 6.07 Å². The number of nitrogens with zero attached hydrogens (tertiary/aromatic N) is 2. The number of benzene rings is 3. The number of nitro groups is 1. The van der Waals surface area contributed by atoms with E-state index in [0.717, 1.165) is 22.1 Å². The Bertz CT molecular complexity index is 1130. The van der Waals surface area contributed by atoms with Crippen LogP contribution in [-0.2, 0) is 11.3 Å². The van der Waals surface area contributed by atoms with Crippen LogP contribution in [0.15, 0.2) is 54.6 Å². The first kappa shape index (κ1) is 20.6. The smallest absolute Gasteiger partial charge is 0.293 e. The molecule has 1 aliphatic rings. The summed E-state index contributed by atoms with van der Waals surface area (Å²) in [5.74, 6) is 0.573. The first-order valence-corrected chi connectivity index (χ1v) is 10.0. The molecule has 1 aliphatic heterocycles. The van der Waals surface area contributed by atoms with Gasteiger partial charge in [-0.15, -0.1) is 0 Å². The number of rotatable bonds is 6. The molecule has 0 unspecified atom stereocenters. The van der Waals surface area contributed by atoms with E-state index in [2.05, 4.69) is 5.32 Å². The number of amides is 1. The molecule has 1 N–H and O–H groups in total. The summed E-state index contributed by atoms with van der Waals surface area (Å²) in [4.78, 5) is 25.5. The van der Waals surface area contributed by atoms with Crippen molar-refractivity contribution in [3.05, 3.63) is 75.8 Å². The second kappa shape index (κ2) is 9.01. The van der Waals surface area contributed by atoms with E-state index in [9.17, 15) is 14.9 Å². The minimum Gasteiger partial charge on any atom is -0.497 e. The van der Waals surface area contributed by atoms with Gasteiger partial charge in [0.2, 0.25) is 0 Å². The van der Waals surface area contributed by atoms with Gasteiger partial charge in [0.05, 0.1) is 25.2 Å². The average Bonchev–Trinajstić information content (AvgIpc) is 2.82. The zero-order chi connectivity index (χ0) is 21.8. The van der Waals surface area contributed by atoms with Crippen molar-refractivity contribution in [3.8, 4) is 5.75 Å². The Labute approximate surface area is 179 Å². The van der Waals surface area contributed by atoms with Crippen molar-refractivity contribution >= 4 is 28.1 Å². The Kier molecular flexibility index (Phi) is 5.99. The third-order valence-electron chi connectivity index (χ3n) is 5.33. The molecule has 0 atom stereocenters. The van der Waals surface area contributed by atoms with Crippen molar-refractivity contribution < 1.29 is 19.2 Å². The molecule has 0 bridgehead atoms. The van der Waals surface area contributed by atoms with Gasteiger partial charge >= 0.3 is 0 Å². The fourth-order valence-corrected chi connectivity index (χ4v) is 3.62. The van der Waals surface area contributed by atoms with E-state index < -0.39 is 4.92 Å². The summed E-state index contributed by atoms with van der Waals surface area (Å²) in [6.07, 6.45) is 0. The molecule has 1 fully saturated rings. The maximum absolute atomic E-state index is 12.7. The van der Waals surface area contributed by atoms with Crippen molar-refractivity contribution in [2.75, 3.05) is 38.7 Å². The van der Waals surface area contributed by atoms with Crippen molar-refractivity contribution in [2.45, 2.75) is 6.54 Å². The molecule has 0 saturated carbocycles. The Hall–Kier alpha value is -3.65. The number of carbonyl (C=O) groups excluding carboxylic acids is 1. The SMILES string of the molecule is COc1ccc2cc(CNc3ccc(C(=O)N4CCOCC4)cc3[N+](=O)[O-])ccc2c1. The minimum absolute atomic E-state index is 0.121. The van der Waals surface area contributed by atoms with Crippen LogP contribution in [0, 0.1) is 10.1 Å². The topological polar surface area (TPSA) is 93.9 Å². The Morgan fingerprint density at radius 1 is 1.10 bits per heavy atom. The second-order valence-electron chi connectivity index (χ2n) is 7.29. The van der Waals surface area contributed by atoms with Gasteiger partial charge in [-0.25, -0.2) is 0 Å². The van der Waals surface area contributed by atoms with Crippen molar-refractivity contribution in [1.29, 1.82) is 0 Å². The van der Waals surface area contributed by atoms with Crippen LogP contribution in [0.25, 0.3) is 10.8 Å². The van der Waals surface area contributed by atoms with Gasteiger partial charge in [-0.2, -0.15) is 0 Å². The predicted octanol–water partition coefficient (Wildman–Crippen LogP) is 3.84. The molecule has 0 spiro atoms. The summed E-state index contributed by atoms with van der Waals surface area (Å²) in [5, 5.41) is 16.9. The van der Waals surface area contributed by atoms with Crippen LogP contribution >= 0.6 is 0 Å². The van der Waals surface area contributed by atoms with E-state index >= 15 is 0 Å². The molecule has 31 heavy (non-hydrogen) atoms. The van der Waals surface area contributed by atoms with E-state index in [1.54, 1.807) is 24.1 Å². The van der Waals surface area contributed by atoms with E-state index in [0.29, 0.717) is 44.1 Å². The Balaban J connectivity index is 1.52. The summed E-state index contributed by atoms with van der Waals surface area (Å²) in [6, 6.07) is 16.4. The number of carbonyl (C=O) groups is 1. The fraction of sp³-hybridized carbons (Fsp3) is 0.261. The van der Waals surface area contributed by atoms with Crippen LogP contribution < -0.4 is 10.1 Å². The van der Waals surface area contributed by atoms with Gasteiger partial charge in [0.25, 0.3) is 11.6 Å². The Morgan fingerprint density at radius 3 is 2.58 bits per heavy atom.